The van der Waals surface area contributed by atoms with E-state index < -0.39 is 5.82 Å². The molecule has 2 N–H and O–H groups in total. The van der Waals surface area contributed by atoms with Gasteiger partial charge in [0, 0.05) is 57.6 Å². The van der Waals surface area contributed by atoms with Gasteiger partial charge in [-0.1, -0.05) is 12.7 Å². The Hall–Kier alpha value is -3.98. The Balaban J connectivity index is 1.59. The maximum absolute atomic E-state index is 15.2. The van der Waals surface area contributed by atoms with Crippen molar-refractivity contribution in [3.8, 4) is 11.5 Å². The molecule has 0 amide bonds. The lowest BCUT2D eigenvalue weighted by atomic mass is 10.0. The zero-order valence-corrected chi connectivity index (χ0v) is 21.1. The number of likely N-dealkylation sites (N-methyl/N-ethyl adjacent to an activating group) is 2. The van der Waals surface area contributed by atoms with E-state index in [0.717, 1.165) is 59.9 Å². The number of imidazole rings is 1. The molecule has 0 atom stereocenters. The molecule has 186 valence electrons. The Morgan fingerprint density at radius 2 is 1.94 bits per heavy atom. The molecule has 3 aromatic heterocycles. The molecule has 0 aliphatic carbocycles. The van der Waals surface area contributed by atoms with Crippen molar-refractivity contribution in [2.45, 2.75) is 6.92 Å². The summed E-state index contributed by atoms with van der Waals surface area (Å²) in [5, 5.41) is 7.94. The number of nitrogens with one attached hydrogen (secondary N) is 2. The zero-order valence-electron chi connectivity index (χ0n) is 21.1. The van der Waals surface area contributed by atoms with Gasteiger partial charge in [0.15, 0.2) is 17.5 Å². The molecule has 1 aromatic carbocycles. The predicted octanol–water partition coefficient (Wildman–Crippen LogP) is 4.43. The third-order valence-corrected chi connectivity index (χ3v) is 6.71. The van der Waals surface area contributed by atoms with Crippen LogP contribution in [0.4, 0.5) is 10.2 Å². The Bertz CT molecular complexity index is 1480. The van der Waals surface area contributed by atoms with Gasteiger partial charge in [-0.3, -0.25) is 5.10 Å². The van der Waals surface area contributed by atoms with Crippen LogP contribution in [0.1, 0.15) is 12.5 Å². The van der Waals surface area contributed by atoms with E-state index in [9.17, 15) is 0 Å². The average molecular weight is 487 g/mol. The molecule has 0 radical (unpaired) electrons. The van der Waals surface area contributed by atoms with E-state index in [2.05, 4.69) is 43.6 Å². The summed E-state index contributed by atoms with van der Waals surface area (Å²) in [7, 11) is 6.03. The lowest BCUT2D eigenvalue weighted by Gasteiger charge is -2.33. The first kappa shape index (κ1) is 23.7. The van der Waals surface area contributed by atoms with Crippen LogP contribution in [0.3, 0.4) is 0 Å². The molecule has 5 rings (SSSR count). The normalized spacial score (nSPS) is 15.8. The number of piperazine rings is 1. The van der Waals surface area contributed by atoms with Crippen molar-refractivity contribution < 1.29 is 4.39 Å². The molecule has 9 heteroatoms. The van der Waals surface area contributed by atoms with Gasteiger partial charge >= 0.3 is 0 Å². The molecule has 0 spiro atoms. The second kappa shape index (κ2) is 9.58. The van der Waals surface area contributed by atoms with Crippen molar-refractivity contribution in [2.24, 2.45) is 0 Å². The molecule has 0 saturated carbocycles. The lowest BCUT2D eigenvalue weighted by Crippen LogP contribution is -2.44. The highest BCUT2D eigenvalue weighted by Gasteiger charge is 2.21. The number of nitrogens with zero attached hydrogens (tertiary/aromatic N) is 6. The van der Waals surface area contributed by atoms with E-state index in [4.69, 9.17) is 4.98 Å². The van der Waals surface area contributed by atoms with Gasteiger partial charge in [-0.2, -0.15) is 5.10 Å². The first-order valence-electron chi connectivity index (χ1n) is 12.0. The molecular weight excluding hydrogens is 455 g/mol. The van der Waals surface area contributed by atoms with Gasteiger partial charge in [-0.25, -0.2) is 14.4 Å². The van der Waals surface area contributed by atoms with E-state index in [1.165, 1.54) is 6.07 Å². The van der Waals surface area contributed by atoms with Crippen LogP contribution in [0.5, 0.6) is 0 Å². The minimum Gasteiger partial charge on any atom is -0.378 e. The summed E-state index contributed by atoms with van der Waals surface area (Å²) in [4.78, 5) is 19.5. The number of allylic oxidation sites excluding steroid dienone is 4. The zero-order chi connectivity index (χ0) is 25.4. The van der Waals surface area contributed by atoms with Crippen molar-refractivity contribution in [1.29, 1.82) is 0 Å². The predicted molar refractivity (Wildman–Crippen MR) is 144 cm³/mol. The van der Waals surface area contributed by atoms with Crippen LogP contribution in [0.15, 0.2) is 54.9 Å². The Kier molecular flexibility index (Phi) is 6.32. The van der Waals surface area contributed by atoms with E-state index >= 15 is 4.39 Å². The summed E-state index contributed by atoms with van der Waals surface area (Å²) >= 11 is 0. The summed E-state index contributed by atoms with van der Waals surface area (Å²) in [6.45, 7) is 9.57. The number of hydrogen-bond acceptors (Lipinski definition) is 6. The molecule has 1 aliphatic rings. The summed E-state index contributed by atoms with van der Waals surface area (Å²) in [6, 6.07) is 5.38. The average Bonchev–Trinajstić information content (AvgIpc) is 3.49. The third kappa shape index (κ3) is 4.26. The van der Waals surface area contributed by atoms with Crippen LogP contribution >= 0.6 is 0 Å². The van der Waals surface area contributed by atoms with Gasteiger partial charge in [-0.05, 0) is 55.5 Å². The van der Waals surface area contributed by atoms with Crippen LogP contribution < -0.4 is 4.90 Å². The van der Waals surface area contributed by atoms with Gasteiger partial charge in [0.25, 0.3) is 0 Å². The van der Waals surface area contributed by atoms with Crippen molar-refractivity contribution in [3.63, 3.8) is 0 Å². The van der Waals surface area contributed by atoms with Crippen LogP contribution in [0, 0.1) is 5.82 Å². The minimum absolute atomic E-state index is 0.280. The van der Waals surface area contributed by atoms with Crippen molar-refractivity contribution in [2.75, 3.05) is 52.2 Å². The number of anilines is 1. The third-order valence-electron chi connectivity index (χ3n) is 6.71. The molecule has 36 heavy (non-hydrogen) atoms. The highest BCUT2D eigenvalue weighted by molar-refractivity contribution is 5.97. The van der Waals surface area contributed by atoms with E-state index in [1.807, 2.05) is 50.2 Å². The Morgan fingerprint density at radius 3 is 2.64 bits per heavy atom. The highest BCUT2D eigenvalue weighted by atomic mass is 19.1. The van der Waals surface area contributed by atoms with E-state index in [1.54, 1.807) is 12.3 Å². The van der Waals surface area contributed by atoms with E-state index in [0.29, 0.717) is 16.9 Å². The van der Waals surface area contributed by atoms with E-state index in [-0.39, 0.29) is 5.52 Å². The van der Waals surface area contributed by atoms with Crippen LogP contribution in [0.2, 0.25) is 0 Å². The lowest BCUT2D eigenvalue weighted by molar-refractivity contribution is 0.312. The highest BCUT2D eigenvalue weighted by Crippen LogP contribution is 2.33. The SMILES string of the molecule is C=C/C(=C\C(=C/C)c1cc(F)c2n[nH]c(-c3nc4c(N5CCN(C)CC5)nccc4[nH]3)c2c1)N(C)C. The molecule has 1 saturated heterocycles. The number of pyridine rings is 1. The summed E-state index contributed by atoms with van der Waals surface area (Å²) in [6.07, 6.45) is 7.53. The van der Waals surface area contributed by atoms with Gasteiger partial charge in [-0.15, -0.1) is 0 Å². The number of halogens is 1. The summed E-state index contributed by atoms with van der Waals surface area (Å²) < 4.78 is 15.2. The maximum atomic E-state index is 15.2. The molecule has 0 unspecified atom stereocenters. The number of benzene rings is 1. The standard InChI is InChI=1S/C27H31FN8/c1-6-17(14-19(7-2)34(3)4)18-15-20-23(21(28)16-18)32-33-24(20)26-30-22-8-9-29-27(25(22)31-26)36-12-10-35(5)11-13-36/h6-9,14-16H,2,10-13H2,1,3-5H3,(H,30,31)(H,32,33)/b17-6+,19-14+. The van der Waals surface area contributed by atoms with Gasteiger partial charge in [0.05, 0.1) is 5.52 Å². The van der Waals surface area contributed by atoms with Crippen LogP contribution in [0.25, 0.3) is 39.0 Å². The monoisotopic (exact) mass is 486 g/mol. The summed E-state index contributed by atoms with van der Waals surface area (Å²) in [5.41, 5.74) is 5.17. The fraction of sp³-hybridized carbons (Fsp3) is 0.296. The first-order valence-corrected chi connectivity index (χ1v) is 12.0. The largest absolute Gasteiger partial charge is 0.378 e. The molecule has 4 aromatic rings. The second-order valence-electron chi connectivity index (χ2n) is 9.27. The smallest absolute Gasteiger partial charge is 0.157 e. The Morgan fingerprint density at radius 1 is 1.17 bits per heavy atom. The van der Waals surface area contributed by atoms with Crippen LogP contribution in [-0.4, -0.2) is 82.3 Å². The number of fused-ring (bicyclic) bond motifs is 2. The maximum Gasteiger partial charge on any atom is 0.157 e. The first-order chi connectivity index (χ1) is 17.4. The number of aromatic nitrogens is 5. The van der Waals surface area contributed by atoms with Crippen molar-refractivity contribution >= 4 is 33.3 Å². The van der Waals surface area contributed by atoms with Crippen molar-refractivity contribution in [3.05, 3.63) is 66.3 Å². The minimum atomic E-state index is -0.390. The quantitative estimate of drug-likeness (QED) is 0.393. The van der Waals surface area contributed by atoms with Gasteiger partial charge in [0.1, 0.15) is 16.7 Å². The second-order valence-corrected chi connectivity index (χ2v) is 9.27. The number of rotatable bonds is 6. The topological polar surface area (TPSA) is 80.0 Å². The molecular formula is C27H31FN8. The molecule has 0 bridgehead atoms. The number of hydrogen-bond donors (Lipinski definition) is 2. The van der Waals surface area contributed by atoms with Crippen molar-refractivity contribution in [1.82, 2.24) is 34.9 Å². The number of H-pyrrole nitrogens is 2. The van der Waals surface area contributed by atoms with Gasteiger partial charge < -0.3 is 19.7 Å². The fourth-order valence-corrected chi connectivity index (χ4v) is 4.58. The molecule has 1 fully saturated rings. The van der Waals surface area contributed by atoms with Crippen LogP contribution in [-0.2, 0) is 0 Å². The molecule has 8 nitrogen and oxygen atoms in total. The molecule has 1 aliphatic heterocycles. The fourth-order valence-electron chi connectivity index (χ4n) is 4.58. The summed E-state index contributed by atoms with van der Waals surface area (Å²) in [5.74, 6) is 1.07. The molecule has 4 heterocycles. The number of aromatic amines is 2. The van der Waals surface area contributed by atoms with Gasteiger partial charge in [0.2, 0.25) is 0 Å². The Labute approximate surface area is 209 Å².